The summed E-state index contributed by atoms with van der Waals surface area (Å²) in [5, 5.41) is 16.5. The first kappa shape index (κ1) is 20.3. The highest BCUT2D eigenvalue weighted by molar-refractivity contribution is 9.10. The van der Waals surface area contributed by atoms with Crippen LogP contribution in [0.1, 0.15) is 31.8 Å². The van der Waals surface area contributed by atoms with Gasteiger partial charge in [0.2, 0.25) is 0 Å². The number of phenolic OH excluding ortho intramolecular Hbond substituents is 1. The van der Waals surface area contributed by atoms with E-state index in [-0.39, 0.29) is 17.2 Å². The van der Waals surface area contributed by atoms with Gasteiger partial charge in [0.1, 0.15) is 5.75 Å². The topological polar surface area (TPSA) is 90.8 Å². The molecule has 0 spiro atoms. The molecule has 2 amide bonds. The first-order valence-corrected chi connectivity index (χ1v) is 9.53. The van der Waals surface area contributed by atoms with Crippen LogP contribution < -0.4 is 10.7 Å². The van der Waals surface area contributed by atoms with Crippen molar-refractivity contribution in [2.24, 2.45) is 5.10 Å². The summed E-state index contributed by atoms with van der Waals surface area (Å²) in [7, 11) is 0. The molecule has 7 heteroatoms. The third kappa shape index (κ3) is 5.08. The Hall–Kier alpha value is -3.45. The van der Waals surface area contributed by atoms with Gasteiger partial charge < -0.3 is 10.4 Å². The molecular formula is C22H18BrN3O3. The number of rotatable bonds is 5. The second kappa shape index (κ2) is 9.16. The van der Waals surface area contributed by atoms with E-state index in [1.54, 1.807) is 48.5 Å². The maximum absolute atomic E-state index is 12.6. The number of para-hydroxylation sites is 1. The zero-order chi connectivity index (χ0) is 20.8. The number of carbonyl (C=O) groups excluding carboxylic acids is 2. The van der Waals surface area contributed by atoms with Gasteiger partial charge in [0, 0.05) is 15.6 Å². The van der Waals surface area contributed by atoms with Gasteiger partial charge in [-0.2, -0.15) is 5.10 Å². The zero-order valence-electron chi connectivity index (χ0n) is 15.5. The molecule has 3 N–H and O–H groups in total. The van der Waals surface area contributed by atoms with E-state index in [0.717, 1.165) is 10.0 Å². The summed E-state index contributed by atoms with van der Waals surface area (Å²) >= 11 is 3.31. The van der Waals surface area contributed by atoms with Crippen molar-refractivity contribution in [1.29, 1.82) is 0 Å². The summed E-state index contributed by atoms with van der Waals surface area (Å²) in [6.07, 6.45) is 1.34. The number of anilines is 1. The molecule has 0 unspecified atom stereocenters. The van der Waals surface area contributed by atoms with E-state index in [0.29, 0.717) is 16.8 Å². The van der Waals surface area contributed by atoms with Crippen LogP contribution in [0.3, 0.4) is 0 Å². The minimum Gasteiger partial charge on any atom is -0.507 e. The van der Waals surface area contributed by atoms with Crippen molar-refractivity contribution in [1.82, 2.24) is 5.43 Å². The third-order valence-corrected chi connectivity index (χ3v) is 4.66. The molecule has 0 atom stereocenters. The molecule has 0 saturated heterocycles. The van der Waals surface area contributed by atoms with E-state index in [1.807, 2.05) is 19.1 Å². The largest absolute Gasteiger partial charge is 0.507 e. The second-order valence-corrected chi connectivity index (χ2v) is 7.13. The fraction of sp³-hybridized carbons (Fsp3) is 0.0455. The van der Waals surface area contributed by atoms with E-state index in [2.05, 4.69) is 31.8 Å². The van der Waals surface area contributed by atoms with Gasteiger partial charge >= 0.3 is 0 Å². The number of aromatic hydroxyl groups is 1. The average Bonchev–Trinajstić information content (AvgIpc) is 2.71. The lowest BCUT2D eigenvalue weighted by Gasteiger charge is -2.11. The van der Waals surface area contributed by atoms with E-state index >= 15 is 0 Å². The highest BCUT2D eigenvalue weighted by Gasteiger charge is 2.14. The predicted octanol–water partition coefficient (Wildman–Crippen LogP) is 4.48. The normalized spacial score (nSPS) is 10.7. The summed E-state index contributed by atoms with van der Waals surface area (Å²) in [5.74, 6) is -0.751. The van der Waals surface area contributed by atoms with Crippen LogP contribution in [-0.2, 0) is 0 Å². The van der Waals surface area contributed by atoms with Gasteiger partial charge in [-0.25, -0.2) is 5.43 Å². The minimum atomic E-state index is -0.489. The molecule has 3 aromatic carbocycles. The van der Waals surface area contributed by atoms with Crippen molar-refractivity contribution < 1.29 is 14.7 Å². The van der Waals surface area contributed by atoms with Gasteiger partial charge in [-0.15, -0.1) is 0 Å². The Morgan fingerprint density at radius 1 is 0.966 bits per heavy atom. The van der Waals surface area contributed by atoms with Gasteiger partial charge in [0.15, 0.2) is 0 Å². The molecule has 0 heterocycles. The quantitative estimate of drug-likeness (QED) is 0.394. The van der Waals surface area contributed by atoms with Crippen molar-refractivity contribution in [3.8, 4) is 5.75 Å². The second-order valence-electron chi connectivity index (χ2n) is 6.22. The average molecular weight is 452 g/mol. The Morgan fingerprint density at radius 3 is 2.41 bits per heavy atom. The first-order chi connectivity index (χ1) is 14.0. The lowest BCUT2D eigenvalue weighted by molar-refractivity contribution is 0.0956. The fourth-order valence-corrected chi connectivity index (χ4v) is 3.04. The van der Waals surface area contributed by atoms with Crippen LogP contribution >= 0.6 is 15.9 Å². The Morgan fingerprint density at radius 2 is 1.66 bits per heavy atom. The summed E-state index contributed by atoms with van der Waals surface area (Å²) in [6, 6.07) is 18.8. The Labute approximate surface area is 176 Å². The van der Waals surface area contributed by atoms with Crippen LogP contribution in [0.15, 0.2) is 76.3 Å². The molecule has 6 nitrogen and oxygen atoms in total. The van der Waals surface area contributed by atoms with Crippen LogP contribution in [-0.4, -0.2) is 23.1 Å². The van der Waals surface area contributed by atoms with Gasteiger partial charge in [-0.3, -0.25) is 9.59 Å². The van der Waals surface area contributed by atoms with Gasteiger partial charge in [-0.1, -0.05) is 46.3 Å². The van der Waals surface area contributed by atoms with E-state index in [1.165, 1.54) is 12.3 Å². The lowest BCUT2D eigenvalue weighted by Crippen LogP contribution is -2.21. The van der Waals surface area contributed by atoms with Crippen molar-refractivity contribution in [2.75, 3.05) is 5.32 Å². The molecule has 0 fully saturated rings. The fourth-order valence-electron chi connectivity index (χ4n) is 2.66. The smallest absolute Gasteiger partial charge is 0.273 e. The number of amides is 2. The number of benzene rings is 3. The number of phenols is 1. The Balaban J connectivity index is 1.75. The summed E-state index contributed by atoms with van der Waals surface area (Å²) in [4.78, 5) is 25.1. The van der Waals surface area contributed by atoms with Gasteiger partial charge in [-0.05, 0) is 48.9 Å². The molecule has 0 aliphatic heterocycles. The van der Waals surface area contributed by atoms with E-state index in [4.69, 9.17) is 0 Å². The number of carbonyl (C=O) groups is 2. The summed E-state index contributed by atoms with van der Waals surface area (Å²) in [5.41, 5.74) is 4.87. The number of hydrogen-bond donors (Lipinski definition) is 3. The maximum atomic E-state index is 12.6. The van der Waals surface area contributed by atoms with Gasteiger partial charge in [0.25, 0.3) is 11.8 Å². The molecule has 0 aliphatic rings. The standard InChI is InChI=1S/C22H18BrN3O3/c1-14-6-2-3-7-17(14)21(28)25-19-9-5-4-8-18(19)22(29)26-24-13-15-12-16(23)10-11-20(15)27/h2-13,27H,1H3,(H,25,28)(H,26,29). The molecule has 29 heavy (non-hydrogen) atoms. The molecule has 3 rings (SSSR count). The molecule has 146 valence electrons. The predicted molar refractivity (Wildman–Crippen MR) is 116 cm³/mol. The molecule has 3 aromatic rings. The van der Waals surface area contributed by atoms with Crippen molar-refractivity contribution in [3.05, 3.63) is 93.5 Å². The number of hydrogen-bond acceptors (Lipinski definition) is 4. The van der Waals surface area contributed by atoms with Crippen molar-refractivity contribution in [3.63, 3.8) is 0 Å². The highest BCUT2D eigenvalue weighted by atomic mass is 79.9. The number of nitrogens with zero attached hydrogens (tertiary/aromatic N) is 1. The lowest BCUT2D eigenvalue weighted by atomic mass is 10.1. The van der Waals surface area contributed by atoms with Crippen molar-refractivity contribution >= 4 is 39.6 Å². The minimum absolute atomic E-state index is 0.0390. The van der Waals surface area contributed by atoms with Crippen molar-refractivity contribution in [2.45, 2.75) is 6.92 Å². The molecule has 0 bridgehead atoms. The summed E-state index contributed by atoms with van der Waals surface area (Å²) in [6.45, 7) is 1.85. The van der Waals surface area contributed by atoms with Crippen LogP contribution in [0.2, 0.25) is 0 Å². The molecular weight excluding hydrogens is 434 g/mol. The molecule has 0 saturated carbocycles. The van der Waals surface area contributed by atoms with Crippen LogP contribution in [0.5, 0.6) is 5.75 Å². The number of nitrogens with one attached hydrogen (secondary N) is 2. The summed E-state index contributed by atoms with van der Waals surface area (Å²) < 4.78 is 0.771. The van der Waals surface area contributed by atoms with Crippen LogP contribution in [0.4, 0.5) is 5.69 Å². The first-order valence-electron chi connectivity index (χ1n) is 8.73. The third-order valence-electron chi connectivity index (χ3n) is 4.17. The molecule has 0 radical (unpaired) electrons. The highest BCUT2D eigenvalue weighted by Crippen LogP contribution is 2.20. The van der Waals surface area contributed by atoms with Crippen LogP contribution in [0, 0.1) is 6.92 Å². The Kier molecular flexibility index (Phi) is 6.41. The number of halogens is 1. The number of hydrazone groups is 1. The van der Waals surface area contributed by atoms with E-state index in [9.17, 15) is 14.7 Å². The Bertz CT molecular complexity index is 1100. The molecule has 0 aliphatic carbocycles. The van der Waals surface area contributed by atoms with E-state index < -0.39 is 5.91 Å². The van der Waals surface area contributed by atoms with Gasteiger partial charge in [0.05, 0.1) is 17.5 Å². The zero-order valence-corrected chi connectivity index (χ0v) is 17.1. The number of aryl methyl sites for hydroxylation is 1. The van der Waals surface area contributed by atoms with Crippen LogP contribution in [0.25, 0.3) is 0 Å². The SMILES string of the molecule is Cc1ccccc1C(=O)Nc1ccccc1C(=O)NN=Cc1cc(Br)ccc1O. The molecule has 0 aromatic heterocycles. The maximum Gasteiger partial charge on any atom is 0.273 e. The monoisotopic (exact) mass is 451 g/mol.